The van der Waals surface area contributed by atoms with Crippen LogP contribution in [0.1, 0.15) is 54.2 Å². The summed E-state index contributed by atoms with van der Waals surface area (Å²) in [5.41, 5.74) is 1.38. The van der Waals surface area contributed by atoms with Crippen LogP contribution in [0.5, 0.6) is 0 Å². The van der Waals surface area contributed by atoms with E-state index in [1.165, 1.54) is 11.0 Å². The van der Waals surface area contributed by atoms with Gasteiger partial charge in [-0.3, -0.25) is 4.79 Å². The molecule has 1 amide bonds. The number of amides is 1. The van der Waals surface area contributed by atoms with Crippen molar-refractivity contribution in [1.29, 1.82) is 0 Å². The summed E-state index contributed by atoms with van der Waals surface area (Å²) >= 11 is 0. The van der Waals surface area contributed by atoms with Crippen molar-refractivity contribution in [2.45, 2.75) is 45.6 Å². The summed E-state index contributed by atoms with van der Waals surface area (Å²) in [6.07, 6.45) is 5.04. The molecule has 0 aliphatic carbocycles. The Hall–Kier alpha value is -2.77. The first-order chi connectivity index (χ1) is 15.5. The first-order valence-corrected chi connectivity index (χ1v) is 11.6. The van der Waals surface area contributed by atoms with Crippen LogP contribution in [0.3, 0.4) is 0 Å². The van der Waals surface area contributed by atoms with E-state index in [1.54, 1.807) is 0 Å². The van der Waals surface area contributed by atoms with Crippen LogP contribution >= 0.6 is 0 Å². The summed E-state index contributed by atoms with van der Waals surface area (Å²) in [6.45, 7) is 6.70. The SMILES string of the molecule is CC1CCN(c2nc3c(c(N4CCCC4)n2)CN(C(=O)c2c(F)cccc2F)CC3)CC1. The first kappa shape index (κ1) is 21.1. The molecule has 0 saturated carbocycles. The van der Waals surface area contributed by atoms with Gasteiger partial charge >= 0.3 is 0 Å². The molecule has 3 aliphatic heterocycles. The van der Waals surface area contributed by atoms with Crippen LogP contribution in [-0.4, -0.2) is 53.5 Å². The molecule has 2 fully saturated rings. The number of fused-ring (bicyclic) bond motifs is 1. The maximum absolute atomic E-state index is 14.2. The highest BCUT2D eigenvalue weighted by Gasteiger charge is 2.32. The van der Waals surface area contributed by atoms with E-state index in [0.717, 1.165) is 92.9 Å². The number of hydrogen-bond acceptors (Lipinski definition) is 5. The van der Waals surface area contributed by atoms with Crippen molar-refractivity contribution >= 4 is 17.7 Å². The lowest BCUT2D eigenvalue weighted by Crippen LogP contribution is -2.40. The number of nitrogens with zero attached hydrogens (tertiary/aromatic N) is 5. The Kier molecular flexibility index (Phi) is 5.69. The molecule has 32 heavy (non-hydrogen) atoms. The maximum atomic E-state index is 14.2. The predicted octanol–water partition coefficient (Wildman–Crippen LogP) is 3.79. The Morgan fingerprint density at radius 1 is 0.969 bits per heavy atom. The fourth-order valence-electron chi connectivity index (χ4n) is 4.96. The third-order valence-electron chi connectivity index (χ3n) is 6.96. The van der Waals surface area contributed by atoms with Crippen LogP contribution < -0.4 is 9.80 Å². The summed E-state index contributed by atoms with van der Waals surface area (Å²) in [7, 11) is 0. The highest BCUT2D eigenvalue weighted by Crippen LogP contribution is 2.33. The summed E-state index contributed by atoms with van der Waals surface area (Å²) in [5, 5.41) is 0. The highest BCUT2D eigenvalue weighted by atomic mass is 19.1. The van der Waals surface area contributed by atoms with Crippen molar-refractivity contribution in [3.05, 3.63) is 46.7 Å². The zero-order chi connectivity index (χ0) is 22.2. The average molecular weight is 442 g/mol. The van der Waals surface area contributed by atoms with E-state index < -0.39 is 23.1 Å². The van der Waals surface area contributed by atoms with Gasteiger partial charge in [-0.15, -0.1) is 0 Å². The Morgan fingerprint density at radius 2 is 1.66 bits per heavy atom. The minimum Gasteiger partial charge on any atom is -0.356 e. The minimum atomic E-state index is -0.827. The monoisotopic (exact) mass is 441 g/mol. The van der Waals surface area contributed by atoms with Crippen LogP contribution in [0.15, 0.2) is 18.2 Å². The number of piperidine rings is 1. The Morgan fingerprint density at radius 3 is 2.34 bits per heavy atom. The van der Waals surface area contributed by atoms with Gasteiger partial charge in [-0.25, -0.2) is 13.8 Å². The number of carbonyl (C=O) groups excluding carboxylic acids is 1. The number of carbonyl (C=O) groups is 1. The number of halogens is 2. The molecule has 2 aromatic rings. The molecular formula is C24H29F2N5O. The van der Waals surface area contributed by atoms with Gasteiger partial charge in [-0.05, 0) is 43.7 Å². The van der Waals surface area contributed by atoms with Gasteiger partial charge < -0.3 is 14.7 Å². The Labute approximate surface area is 187 Å². The molecule has 0 bridgehead atoms. The summed E-state index contributed by atoms with van der Waals surface area (Å²) in [6, 6.07) is 3.52. The van der Waals surface area contributed by atoms with Gasteiger partial charge in [0.05, 0.1) is 12.2 Å². The van der Waals surface area contributed by atoms with Gasteiger partial charge in [0.1, 0.15) is 23.0 Å². The van der Waals surface area contributed by atoms with Crippen molar-refractivity contribution in [2.75, 3.05) is 42.5 Å². The average Bonchev–Trinajstić information content (AvgIpc) is 3.33. The Bertz CT molecular complexity index is 995. The molecule has 8 heteroatoms. The Balaban J connectivity index is 1.47. The smallest absolute Gasteiger partial charge is 0.260 e. The molecule has 0 radical (unpaired) electrons. The third kappa shape index (κ3) is 3.91. The zero-order valence-corrected chi connectivity index (χ0v) is 18.5. The predicted molar refractivity (Wildman–Crippen MR) is 119 cm³/mol. The second-order valence-corrected chi connectivity index (χ2v) is 9.21. The van der Waals surface area contributed by atoms with E-state index in [4.69, 9.17) is 9.97 Å². The molecule has 3 aliphatic rings. The van der Waals surface area contributed by atoms with E-state index >= 15 is 0 Å². The molecule has 2 saturated heterocycles. The number of rotatable bonds is 3. The fourth-order valence-corrected chi connectivity index (χ4v) is 4.96. The number of anilines is 2. The van der Waals surface area contributed by atoms with E-state index in [9.17, 15) is 13.6 Å². The lowest BCUT2D eigenvalue weighted by atomic mass is 9.99. The lowest BCUT2D eigenvalue weighted by molar-refractivity contribution is 0.0723. The topological polar surface area (TPSA) is 52.6 Å². The van der Waals surface area contributed by atoms with Crippen LogP contribution in [0, 0.1) is 17.6 Å². The molecule has 0 spiro atoms. The molecule has 1 aromatic heterocycles. The largest absolute Gasteiger partial charge is 0.356 e. The van der Waals surface area contributed by atoms with Gasteiger partial charge in [0.15, 0.2) is 0 Å². The molecule has 0 atom stereocenters. The van der Waals surface area contributed by atoms with Crippen LogP contribution in [-0.2, 0) is 13.0 Å². The second kappa shape index (κ2) is 8.64. The van der Waals surface area contributed by atoms with Crippen molar-refractivity contribution in [1.82, 2.24) is 14.9 Å². The quantitative estimate of drug-likeness (QED) is 0.726. The molecule has 1 aromatic carbocycles. The van der Waals surface area contributed by atoms with Gasteiger partial charge in [0.2, 0.25) is 5.95 Å². The van der Waals surface area contributed by atoms with Crippen LogP contribution in [0.4, 0.5) is 20.5 Å². The van der Waals surface area contributed by atoms with Crippen molar-refractivity contribution in [3.8, 4) is 0 Å². The standard InChI is InChI=1S/C24H29F2N5O/c1-16-7-12-30(13-8-16)24-27-20-9-14-31(23(32)21-18(25)5-4-6-19(21)26)15-17(20)22(28-24)29-10-2-3-11-29/h4-6,16H,2-3,7-15H2,1H3. The third-order valence-corrected chi connectivity index (χ3v) is 6.96. The molecule has 6 nitrogen and oxygen atoms in total. The van der Waals surface area contributed by atoms with E-state index in [-0.39, 0.29) is 6.54 Å². The van der Waals surface area contributed by atoms with Gasteiger partial charge in [0, 0.05) is 44.7 Å². The second-order valence-electron chi connectivity index (χ2n) is 9.21. The maximum Gasteiger partial charge on any atom is 0.260 e. The summed E-state index contributed by atoms with van der Waals surface area (Å²) in [5.74, 6) is 0.107. The van der Waals surface area contributed by atoms with Crippen molar-refractivity contribution < 1.29 is 13.6 Å². The van der Waals surface area contributed by atoms with E-state index in [1.807, 2.05) is 0 Å². The number of benzene rings is 1. The van der Waals surface area contributed by atoms with Gasteiger partial charge in [-0.1, -0.05) is 13.0 Å². The lowest BCUT2D eigenvalue weighted by Gasteiger charge is -2.35. The minimum absolute atomic E-state index is 0.269. The molecule has 0 unspecified atom stereocenters. The number of hydrogen-bond donors (Lipinski definition) is 0. The van der Waals surface area contributed by atoms with Crippen molar-refractivity contribution in [3.63, 3.8) is 0 Å². The van der Waals surface area contributed by atoms with Crippen molar-refractivity contribution in [2.24, 2.45) is 5.92 Å². The van der Waals surface area contributed by atoms with Crippen LogP contribution in [0.25, 0.3) is 0 Å². The summed E-state index contributed by atoms with van der Waals surface area (Å²) in [4.78, 5) is 28.9. The molecular weight excluding hydrogens is 412 g/mol. The van der Waals surface area contributed by atoms with Gasteiger partial charge in [-0.2, -0.15) is 4.98 Å². The van der Waals surface area contributed by atoms with Gasteiger partial charge in [0.25, 0.3) is 5.91 Å². The highest BCUT2D eigenvalue weighted by molar-refractivity contribution is 5.95. The van der Waals surface area contributed by atoms with Crippen LogP contribution in [0.2, 0.25) is 0 Å². The number of aromatic nitrogens is 2. The molecule has 5 rings (SSSR count). The molecule has 4 heterocycles. The zero-order valence-electron chi connectivity index (χ0n) is 18.5. The first-order valence-electron chi connectivity index (χ1n) is 11.6. The van der Waals surface area contributed by atoms with E-state index in [2.05, 4.69) is 16.7 Å². The normalized spacial score (nSPS) is 19.4. The molecule has 0 N–H and O–H groups in total. The van der Waals surface area contributed by atoms with E-state index in [0.29, 0.717) is 13.0 Å². The summed E-state index contributed by atoms with van der Waals surface area (Å²) < 4.78 is 28.5. The molecule has 170 valence electrons. The fraction of sp³-hybridized carbons (Fsp3) is 0.542.